The van der Waals surface area contributed by atoms with Crippen LogP contribution in [0.3, 0.4) is 0 Å². The third-order valence-corrected chi connectivity index (χ3v) is 3.77. The molecule has 0 aliphatic heterocycles. The van der Waals surface area contributed by atoms with Gasteiger partial charge in [-0.05, 0) is 49.2 Å². The lowest BCUT2D eigenvalue weighted by Crippen LogP contribution is -2.06. The maximum atomic E-state index is 12.6. The number of nitrogens with two attached hydrogens (primary N) is 1. The summed E-state index contributed by atoms with van der Waals surface area (Å²) in [6.07, 6.45) is 0. The van der Waals surface area contributed by atoms with E-state index in [0.717, 1.165) is 15.6 Å². The Morgan fingerprint density at radius 3 is 2.50 bits per heavy atom. The number of carbonyl (C=O) groups excluding carboxylic acids is 1. The van der Waals surface area contributed by atoms with Gasteiger partial charge in [-0.15, -0.1) is 0 Å². The minimum Gasteiger partial charge on any atom is -0.496 e. The summed E-state index contributed by atoms with van der Waals surface area (Å²) in [5.74, 6) is 0.520. The Balaban J connectivity index is 2.56. The molecule has 104 valence electrons. The van der Waals surface area contributed by atoms with E-state index in [0.29, 0.717) is 22.6 Å². The number of aryl methyl sites for hydroxylation is 1. The molecule has 0 amide bonds. The molecule has 0 radical (unpaired) electrons. The standard InChI is InChI=1S/C16H16BrNO2/c1-9-4-5-14(16(20-3)10(9)2)15(19)11-6-12(17)8-13(18)7-11/h4-8H,18H2,1-3H3. The fraction of sp³-hybridized carbons (Fsp3) is 0.188. The summed E-state index contributed by atoms with van der Waals surface area (Å²) >= 11 is 3.35. The Morgan fingerprint density at radius 1 is 1.20 bits per heavy atom. The molecule has 20 heavy (non-hydrogen) atoms. The molecule has 0 fully saturated rings. The average Bonchev–Trinajstić information content (AvgIpc) is 2.39. The summed E-state index contributed by atoms with van der Waals surface area (Å²) in [5, 5.41) is 0. The van der Waals surface area contributed by atoms with E-state index >= 15 is 0 Å². The number of benzene rings is 2. The second-order valence-corrected chi connectivity index (χ2v) is 5.61. The first-order valence-corrected chi connectivity index (χ1v) is 6.98. The summed E-state index contributed by atoms with van der Waals surface area (Å²) in [4.78, 5) is 12.6. The Kier molecular flexibility index (Phi) is 4.14. The predicted molar refractivity (Wildman–Crippen MR) is 84.5 cm³/mol. The first-order valence-electron chi connectivity index (χ1n) is 6.19. The van der Waals surface area contributed by atoms with E-state index in [1.165, 1.54) is 0 Å². The van der Waals surface area contributed by atoms with Crippen molar-refractivity contribution in [3.8, 4) is 5.75 Å². The zero-order chi connectivity index (χ0) is 14.9. The molecule has 3 nitrogen and oxygen atoms in total. The molecule has 0 heterocycles. The zero-order valence-corrected chi connectivity index (χ0v) is 13.2. The van der Waals surface area contributed by atoms with Crippen LogP contribution in [0.25, 0.3) is 0 Å². The van der Waals surface area contributed by atoms with Crippen molar-refractivity contribution in [2.75, 3.05) is 12.8 Å². The molecule has 0 bridgehead atoms. The molecule has 2 aromatic carbocycles. The van der Waals surface area contributed by atoms with E-state index in [-0.39, 0.29) is 5.78 Å². The highest BCUT2D eigenvalue weighted by atomic mass is 79.9. The molecule has 0 aliphatic rings. The lowest BCUT2D eigenvalue weighted by Gasteiger charge is -2.13. The monoisotopic (exact) mass is 333 g/mol. The average molecular weight is 334 g/mol. The van der Waals surface area contributed by atoms with E-state index in [1.807, 2.05) is 19.9 Å². The molecule has 2 N–H and O–H groups in total. The Hall–Kier alpha value is -1.81. The number of halogens is 1. The summed E-state index contributed by atoms with van der Waals surface area (Å²) in [5.41, 5.74) is 9.49. The second kappa shape index (κ2) is 5.67. The molecular formula is C16H16BrNO2. The van der Waals surface area contributed by atoms with Gasteiger partial charge in [0.15, 0.2) is 5.78 Å². The SMILES string of the molecule is COc1c(C(=O)c2cc(N)cc(Br)c2)ccc(C)c1C. The molecule has 4 heteroatoms. The first-order chi connectivity index (χ1) is 9.43. The first kappa shape index (κ1) is 14.6. The molecule has 0 aromatic heterocycles. The molecule has 0 spiro atoms. The van der Waals surface area contributed by atoms with Gasteiger partial charge in [0.1, 0.15) is 5.75 Å². The topological polar surface area (TPSA) is 52.3 Å². The summed E-state index contributed by atoms with van der Waals surface area (Å²) in [6.45, 7) is 3.93. The number of ether oxygens (including phenoxy) is 1. The molecular weight excluding hydrogens is 318 g/mol. The largest absolute Gasteiger partial charge is 0.496 e. The highest BCUT2D eigenvalue weighted by Gasteiger charge is 2.17. The van der Waals surface area contributed by atoms with E-state index in [4.69, 9.17) is 10.5 Å². The van der Waals surface area contributed by atoms with Gasteiger partial charge in [0.2, 0.25) is 0 Å². The number of ketones is 1. The van der Waals surface area contributed by atoms with Crippen molar-refractivity contribution in [2.45, 2.75) is 13.8 Å². The summed E-state index contributed by atoms with van der Waals surface area (Å²) in [6, 6.07) is 8.90. The third kappa shape index (κ3) is 2.70. The predicted octanol–water partition coefficient (Wildman–Crippen LogP) is 3.89. The molecule has 0 unspecified atom stereocenters. The molecule has 0 saturated heterocycles. The van der Waals surface area contributed by atoms with Crippen molar-refractivity contribution < 1.29 is 9.53 Å². The van der Waals surface area contributed by atoms with Gasteiger partial charge in [-0.3, -0.25) is 4.79 Å². The molecule has 0 aliphatic carbocycles. The van der Waals surface area contributed by atoms with Crippen molar-refractivity contribution in [3.63, 3.8) is 0 Å². The Bertz CT molecular complexity index is 660. The van der Waals surface area contributed by atoms with E-state index in [9.17, 15) is 4.79 Å². The number of anilines is 1. The van der Waals surface area contributed by atoms with Crippen LogP contribution in [0, 0.1) is 13.8 Å². The molecule has 0 atom stereocenters. The highest BCUT2D eigenvalue weighted by molar-refractivity contribution is 9.10. The van der Waals surface area contributed by atoms with Gasteiger partial charge in [-0.25, -0.2) is 0 Å². The van der Waals surface area contributed by atoms with Crippen LogP contribution >= 0.6 is 15.9 Å². The van der Waals surface area contributed by atoms with Crippen molar-refractivity contribution in [3.05, 3.63) is 57.1 Å². The van der Waals surface area contributed by atoms with Crippen molar-refractivity contribution in [1.29, 1.82) is 0 Å². The minimum atomic E-state index is -0.0991. The lowest BCUT2D eigenvalue weighted by atomic mass is 9.97. The maximum absolute atomic E-state index is 12.6. The minimum absolute atomic E-state index is 0.0991. The van der Waals surface area contributed by atoms with Crippen LogP contribution in [0.15, 0.2) is 34.8 Å². The van der Waals surface area contributed by atoms with Gasteiger partial charge in [0, 0.05) is 15.7 Å². The van der Waals surface area contributed by atoms with Crippen LogP contribution in [-0.2, 0) is 0 Å². The second-order valence-electron chi connectivity index (χ2n) is 4.69. The molecule has 2 rings (SSSR count). The fourth-order valence-electron chi connectivity index (χ4n) is 2.13. The van der Waals surface area contributed by atoms with Crippen LogP contribution < -0.4 is 10.5 Å². The van der Waals surface area contributed by atoms with E-state index in [1.54, 1.807) is 31.4 Å². The highest BCUT2D eigenvalue weighted by Crippen LogP contribution is 2.29. The van der Waals surface area contributed by atoms with Gasteiger partial charge >= 0.3 is 0 Å². The third-order valence-electron chi connectivity index (χ3n) is 3.31. The van der Waals surface area contributed by atoms with Crippen LogP contribution in [0.4, 0.5) is 5.69 Å². The number of hydrogen-bond donors (Lipinski definition) is 1. The normalized spacial score (nSPS) is 10.4. The number of carbonyl (C=O) groups is 1. The summed E-state index contributed by atoms with van der Waals surface area (Å²) < 4.78 is 6.18. The van der Waals surface area contributed by atoms with Crippen molar-refractivity contribution >= 4 is 27.4 Å². The lowest BCUT2D eigenvalue weighted by molar-refractivity contribution is 0.103. The number of methoxy groups -OCH3 is 1. The van der Waals surface area contributed by atoms with Crippen LogP contribution in [-0.4, -0.2) is 12.9 Å². The van der Waals surface area contributed by atoms with Crippen LogP contribution in [0.5, 0.6) is 5.75 Å². The number of hydrogen-bond acceptors (Lipinski definition) is 3. The van der Waals surface area contributed by atoms with Gasteiger partial charge in [0.25, 0.3) is 0 Å². The van der Waals surface area contributed by atoms with Gasteiger partial charge < -0.3 is 10.5 Å². The number of nitrogen functional groups attached to an aromatic ring is 1. The maximum Gasteiger partial charge on any atom is 0.196 e. The van der Waals surface area contributed by atoms with Crippen LogP contribution in [0.2, 0.25) is 0 Å². The quantitative estimate of drug-likeness (QED) is 0.684. The molecule has 2 aromatic rings. The van der Waals surface area contributed by atoms with Crippen LogP contribution in [0.1, 0.15) is 27.0 Å². The Labute approximate surface area is 126 Å². The number of rotatable bonds is 3. The van der Waals surface area contributed by atoms with Crippen molar-refractivity contribution in [1.82, 2.24) is 0 Å². The van der Waals surface area contributed by atoms with Gasteiger partial charge in [0.05, 0.1) is 12.7 Å². The van der Waals surface area contributed by atoms with E-state index in [2.05, 4.69) is 15.9 Å². The summed E-state index contributed by atoms with van der Waals surface area (Å²) in [7, 11) is 1.58. The van der Waals surface area contributed by atoms with Crippen molar-refractivity contribution in [2.24, 2.45) is 0 Å². The Morgan fingerprint density at radius 2 is 1.90 bits per heavy atom. The van der Waals surface area contributed by atoms with Gasteiger partial charge in [-0.2, -0.15) is 0 Å². The zero-order valence-electron chi connectivity index (χ0n) is 11.7. The fourth-order valence-corrected chi connectivity index (χ4v) is 2.64. The smallest absolute Gasteiger partial charge is 0.196 e. The molecule has 0 saturated carbocycles. The van der Waals surface area contributed by atoms with E-state index < -0.39 is 0 Å². The van der Waals surface area contributed by atoms with Gasteiger partial charge in [-0.1, -0.05) is 22.0 Å².